The van der Waals surface area contributed by atoms with Crippen molar-refractivity contribution in [3.05, 3.63) is 17.5 Å². The number of rotatable bonds is 8. The minimum atomic E-state index is 0.487. The van der Waals surface area contributed by atoms with Crippen molar-refractivity contribution in [3.63, 3.8) is 0 Å². The van der Waals surface area contributed by atoms with Crippen LogP contribution in [0.15, 0.2) is 11.1 Å². The minimum absolute atomic E-state index is 0.487. The number of aryl methyl sites for hydroxylation is 2. The predicted molar refractivity (Wildman–Crippen MR) is 110 cm³/mol. The summed E-state index contributed by atoms with van der Waals surface area (Å²) in [4.78, 5) is 6.97. The SMILES string of the molecule is CN=C(NCCCN1CCCCC1C)NCC(C)Cn1nc(C)cc1C. The normalized spacial score (nSPS) is 20.2. The van der Waals surface area contributed by atoms with Gasteiger partial charge < -0.3 is 15.5 Å². The van der Waals surface area contributed by atoms with E-state index in [9.17, 15) is 0 Å². The molecule has 0 aliphatic carbocycles. The first-order valence-electron chi connectivity index (χ1n) is 10.2. The molecule has 2 unspecified atom stereocenters. The van der Waals surface area contributed by atoms with E-state index >= 15 is 0 Å². The molecule has 1 saturated heterocycles. The number of guanidine groups is 1. The van der Waals surface area contributed by atoms with Crippen LogP contribution in [0.1, 0.15) is 50.9 Å². The van der Waals surface area contributed by atoms with Crippen LogP contribution in [0.3, 0.4) is 0 Å². The van der Waals surface area contributed by atoms with Crippen molar-refractivity contribution in [1.82, 2.24) is 25.3 Å². The Morgan fingerprint density at radius 2 is 2.15 bits per heavy atom. The summed E-state index contributed by atoms with van der Waals surface area (Å²) in [7, 11) is 1.84. The fourth-order valence-corrected chi connectivity index (χ4v) is 3.69. The van der Waals surface area contributed by atoms with E-state index in [1.54, 1.807) is 0 Å². The van der Waals surface area contributed by atoms with Crippen LogP contribution in [0.25, 0.3) is 0 Å². The third-order valence-electron chi connectivity index (χ3n) is 5.28. The van der Waals surface area contributed by atoms with Gasteiger partial charge in [0.05, 0.1) is 5.69 Å². The highest BCUT2D eigenvalue weighted by Gasteiger charge is 2.17. The quantitative estimate of drug-likeness (QED) is 0.424. The zero-order valence-corrected chi connectivity index (χ0v) is 17.4. The minimum Gasteiger partial charge on any atom is -0.356 e. The lowest BCUT2D eigenvalue weighted by Crippen LogP contribution is -2.42. The lowest BCUT2D eigenvalue weighted by Gasteiger charge is -2.33. The van der Waals surface area contributed by atoms with Crippen molar-refractivity contribution in [2.24, 2.45) is 10.9 Å². The van der Waals surface area contributed by atoms with E-state index in [0.29, 0.717) is 5.92 Å². The van der Waals surface area contributed by atoms with Gasteiger partial charge in [-0.2, -0.15) is 5.10 Å². The van der Waals surface area contributed by atoms with Crippen LogP contribution in [0.4, 0.5) is 0 Å². The zero-order valence-electron chi connectivity index (χ0n) is 17.4. The predicted octanol–water partition coefficient (Wildman–Crippen LogP) is 2.57. The molecule has 0 bridgehead atoms. The Morgan fingerprint density at radius 1 is 1.35 bits per heavy atom. The van der Waals surface area contributed by atoms with E-state index in [4.69, 9.17) is 0 Å². The molecule has 26 heavy (non-hydrogen) atoms. The molecule has 148 valence electrons. The molecule has 0 aromatic carbocycles. The third-order valence-corrected chi connectivity index (χ3v) is 5.28. The number of hydrogen-bond acceptors (Lipinski definition) is 3. The number of nitrogens with one attached hydrogen (secondary N) is 2. The molecular formula is C20H38N6. The molecule has 1 aliphatic heterocycles. The van der Waals surface area contributed by atoms with Crippen LogP contribution < -0.4 is 10.6 Å². The van der Waals surface area contributed by atoms with Crippen LogP contribution in [0.2, 0.25) is 0 Å². The molecule has 2 rings (SSSR count). The summed E-state index contributed by atoms with van der Waals surface area (Å²) in [6.45, 7) is 14.0. The molecule has 1 aromatic rings. The Balaban J connectivity index is 1.63. The maximum atomic E-state index is 4.55. The van der Waals surface area contributed by atoms with Crippen LogP contribution >= 0.6 is 0 Å². The number of likely N-dealkylation sites (tertiary alicyclic amines) is 1. The molecule has 0 amide bonds. The second kappa shape index (κ2) is 10.6. The summed E-state index contributed by atoms with van der Waals surface area (Å²) < 4.78 is 2.09. The number of nitrogens with zero attached hydrogens (tertiary/aromatic N) is 4. The second-order valence-electron chi connectivity index (χ2n) is 7.83. The highest BCUT2D eigenvalue weighted by molar-refractivity contribution is 5.79. The van der Waals surface area contributed by atoms with E-state index in [2.05, 4.69) is 57.1 Å². The molecule has 2 heterocycles. The molecule has 2 atom stereocenters. The van der Waals surface area contributed by atoms with Gasteiger partial charge in [-0.1, -0.05) is 13.3 Å². The maximum absolute atomic E-state index is 4.55. The average Bonchev–Trinajstić information content (AvgIpc) is 2.92. The van der Waals surface area contributed by atoms with Gasteiger partial charge in [-0.05, 0) is 58.6 Å². The van der Waals surface area contributed by atoms with Gasteiger partial charge in [-0.15, -0.1) is 0 Å². The number of aliphatic imine (C=N–C) groups is 1. The first-order valence-corrected chi connectivity index (χ1v) is 10.2. The number of piperidine rings is 1. The fraction of sp³-hybridized carbons (Fsp3) is 0.800. The van der Waals surface area contributed by atoms with Crippen molar-refractivity contribution in [2.45, 2.75) is 66.0 Å². The van der Waals surface area contributed by atoms with Crippen LogP contribution in [-0.4, -0.2) is 59.9 Å². The number of hydrogen-bond donors (Lipinski definition) is 2. The Morgan fingerprint density at radius 3 is 2.81 bits per heavy atom. The molecule has 0 radical (unpaired) electrons. The molecule has 1 aliphatic rings. The van der Waals surface area contributed by atoms with Gasteiger partial charge in [0, 0.05) is 45.0 Å². The molecule has 1 fully saturated rings. The highest BCUT2D eigenvalue weighted by atomic mass is 15.3. The molecule has 0 saturated carbocycles. The third kappa shape index (κ3) is 6.63. The molecule has 6 nitrogen and oxygen atoms in total. The van der Waals surface area contributed by atoms with Crippen molar-refractivity contribution in [1.29, 1.82) is 0 Å². The summed E-state index contributed by atoms with van der Waals surface area (Å²) in [6.07, 6.45) is 5.26. The van der Waals surface area contributed by atoms with Gasteiger partial charge in [0.2, 0.25) is 0 Å². The van der Waals surface area contributed by atoms with Gasteiger partial charge >= 0.3 is 0 Å². The Labute approximate surface area is 159 Å². The Hall–Kier alpha value is -1.56. The second-order valence-corrected chi connectivity index (χ2v) is 7.83. The summed E-state index contributed by atoms with van der Waals surface area (Å²) in [5, 5.41) is 11.4. The fourth-order valence-electron chi connectivity index (χ4n) is 3.69. The summed E-state index contributed by atoms with van der Waals surface area (Å²) >= 11 is 0. The highest BCUT2D eigenvalue weighted by Crippen LogP contribution is 2.16. The first kappa shape index (κ1) is 20.7. The molecule has 0 spiro atoms. The topological polar surface area (TPSA) is 57.5 Å². The van der Waals surface area contributed by atoms with Crippen molar-refractivity contribution < 1.29 is 0 Å². The largest absolute Gasteiger partial charge is 0.356 e. The van der Waals surface area contributed by atoms with Crippen LogP contribution in [0, 0.1) is 19.8 Å². The average molecular weight is 363 g/mol. The Bertz CT molecular complexity index is 565. The molecule has 6 heteroatoms. The standard InChI is InChI=1S/C20H38N6/c1-16(15-26-19(4)13-17(2)24-26)14-23-20(21-5)22-10-8-12-25-11-7-6-9-18(25)3/h13,16,18H,6-12,14-15H2,1-5H3,(H2,21,22,23). The number of aromatic nitrogens is 2. The summed E-state index contributed by atoms with van der Waals surface area (Å²) in [5.41, 5.74) is 2.31. The van der Waals surface area contributed by atoms with Gasteiger partial charge in [-0.25, -0.2) is 0 Å². The smallest absolute Gasteiger partial charge is 0.190 e. The van der Waals surface area contributed by atoms with Crippen LogP contribution in [0.5, 0.6) is 0 Å². The van der Waals surface area contributed by atoms with E-state index in [1.165, 1.54) is 38.0 Å². The van der Waals surface area contributed by atoms with Crippen molar-refractivity contribution in [2.75, 3.05) is 33.2 Å². The van der Waals surface area contributed by atoms with Gasteiger partial charge in [0.1, 0.15) is 0 Å². The van der Waals surface area contributed by atoms with E-state index in [0.717, 1.165) is 43.8 Å². The van der Waals surface area contributed by atoms with Gasteiger partial charge in [0.25, 0.3) is 0 Å². The van der Waals surface area contributed by atoms with Crippen LogP contribution in [-0.2, 0) is 6.54 Å². The Kier molecular flexibility index (Phi) is 8.42. The van der Waals surface area contributed by atoms with Crippen molar-refractivity contribution >= 4 is 5.96 Å². The lowest BCUT2D eigenvalue weighted by atomic mass is 10.0. The van der Waals surface area contributed by atoms with Gasteiger partial charge in [0.15, 0.2) is 5.96 Å². The molecule has 1 aromatic heterocycles. The van der Waals surface area contributed by atoms with Gasteiger partial charge in [-0.3, -0.25) is 9.67 Å². The lowest BCUT2D eigenvalue weighted by molar-refractivity contribution is 0.159. The zero-order chi connectivity index (χ0) is 18.9. The summed E-state index contributed by atoms with van der Waals surface area (Å²) in [6, 6.07) is 2.88. The molecule has 2 N–H and O–H groups in total. The summed E-state index contributed by atoms with van der Waals surface area (Å²) in [5.74, 6) is 1.39. The van der Waals surface area contributed by atoms with E-state index in [1.807, 2.05) is 14.0 Å². The van der Waals surface area contributed by atoms with E-state index < -0.39 is 0 Å². The monoisotopic (exact) mass is 362 g/mol. The van der Waals surface area contributed by atoms with Crippen molar-refractivity contribution in [3.8, 4) is 0 Å². The van der Waals surface area contributed by atoms with E-state index in [-0.39, 0.29) is 0 Å². The molecular weight excluding hydrogens is 324 g/mol. The first-order chi connectivity index (χ1) is 12.5. The maximum Gasteiger partial charge on any atom is 0.190 e.